The van der Waals surface area contributed by atoms with Gasteiger partial charge in [-0.1, -0.05) is 13.8 Å². The molecule has 8 heteroatoms. The van der Waals surface area contributed by atoms with Crippen molar-refractivity contribution in [1.82, 2.24) is 9.71 Å². The van der Waals surface area contributed by atoms with Crippen molar-refractivity contribution in [3.05, 3.63) is 24.0 Å². The summed E-state index contributed by atoms with van der Waals surface area (Å²) in [5.41, 5.74) is -0.221. The fourth-order valence-electron chi connectivity index (χ4n) is 1.12. The third-order valence-corrected chi connectivity index (χ3v) is 3.01. The van der Waals surface area contributed by atoms with E-state index in [0.29, 0.717) is 0 Å². The predicted molar refractivity (Wildman–Crippen MR) is 66.6 cm³/mol. The number of rotatable bonds is 6. The van der Waals surface area contributed by atoms with Crippen molar-refractivity contribution in [3.63, 3.8) is 0 Å². The van der Waals surface area contributed by atoms with Crippen molar-refractivity contribution in [1.29, 1.82) is 0 Å². The predicted octanol–water partition coefficient (Wildman–Crippen LogP) is 0.682. The number of hydrogen-bond donors (Lipinski definition) is 3. The molecule has 0 atom stereocenters. The van der Waals surface area contributed by atoms with Gasteiger partial charge in [0.05, 0.1) is 17.4 Å². The van der Waals surface area contributed by atoms with Crippen LogP contribution in [0, 0.1) is 5.92 Å². The summed E-state index contributed by atoms with van der Waals surface area (Å²) in [6.45, 7) is 3.97. The molecular formula is C10H15N3O4S. The molecule has 1 rings (SSSR count). The van der Waals surface area contributed by atoms with Gasteiger partial charge in [0.1, 0.15) is 0 Å². The Kier molecular flexibility index (Phi) is 4.62. The van der Waals surface area contributed by atoms with Crippen LogP contribution in [0.5, 0.6) is 0 Å². The molecular weight excluding hydrogens is 258 g/mol. The molecule has 0 saturated heterocycles. The Morgan fingerprint density at radius 1 is 1.50 bits per heavy atom. The van der Waals surface area contributed by atoms with E-state index >= 15 is 0 Å². The highest BCUT2D eigenvalue weighted by Gasteiger charge is 2.16. The fourth-order valence-corrected chi connectivity index (χ4v) is 2.20. The largest absolute Gasteiger partial charge is 0.478 e. The topological polar surface area (TPSA) is 108 Å². The maximum absolute atomic E-state index is 11.6. The lowest BCUT2D eigenvalue weighted by molar-refractivity contribution is 0.0698. The Morgan fingerprint density at radius 3 is 2.72 bits per heavy atom. The number of carboxylic acids is 1. The molecule has 0 bridgehead atoms. The number of hydrogen-bond acceptors (Lipinski definition) is 4. The molecule has 1 heterocycles. The minimum absolute atomic E-state index is 0.0683. The molecule has 0 unspecified atom stereocenters. The van der Waals surface area contributed by atoms with Crippen molar-refractivity contribution in [2.75, 3.05) is 11.3 Å². The van der Waals surface area contributed by atoms with E-state index < -0.39 is 16.2 Å². The van der Waals surface area contributed by atoms with Crippen LogP contribution in [0.15, 0.2) is 18.5 Å². The first-order valence-corrected chi connectivity index (χ1v) is 6.75. The van der Waals surface area contributed by atoms with Crippen molar-refractivity contribution >= 4 is 21.9 Å². The number of anilines is 1. The average Bonchev–Trinajstić information content (AvgIpc) is 2.26. The monoisotopic (exact) mass is 273 g/mol. The Hall–Kier alpha value is -1.67. The Bertz CT molecular complexity index is 528. The first-order valence-electron chi connectivity index (χ1n) is 5.26. The van der Waals surface area contributed by atoms with E-state index in [4.69, 9.17) is 5.11 Å². The van der Waals surface area contributed by atoms with E-state index in [1.165, 1.54) is 12.3 Å². The zero-order chi connectivity index (χ0) is 13.8. The van der Waals surface area contributed by atoms with E-state index in [2.05, 4.69) is 14.4 Å². The third kappa shape index (κ3) is 4.30. The second-order valence-corrected chi connectivity index (χ2v) is 5.57. The summed E-state index contributed by atoms with van der Waals surface area (Å²) in [6.07, 6.45) is 2.43. The van der Waals surface area contributed by atoms with E-state index in [0.717, 1.165) is 6.20 Å². The zero-order valence-corrected chi connectivity index (χ0v) is 10.9. The molecule has 0 aliphatic heterocycles. The number of carbonyl (C=O) groups is 1. The van der Waals surface area contributed by atoms with E-state index in [1.54, 1.807) is 0 Å². The summed E-state index contributed by atoms with van der Waals surface area (Å²) in [5.74, 6) is -1.08. The molecule has 0 amide bonds. The standard InChI is InChI=1S/C10H15N3O4S/c1-7(2)5-12-18(16,17)13-9-6-11-4-3-8(9)10(14)15/h3-4,6-7,12-13H,5H2,1-2H3,(H,14,15). The summed E-state index contributed by atoms with van der Waals surface area (Å²) in [7, 11) is -3.79. The fraction of sp³-hybridized carbons (Fsp3) is 0.400. The molecule has 0 aliphatic carbocycles. The van der Waals surface area contributed by atoms with Crippen LogP contribution in [0.2, 0.25) is 0 Å². The van der Waals surface area contributed by atoms with Crippen LogP contribution in [0.3, 0.4) is 0 Å². The highest BCUT2D eigenvalue weighted by atomic mass is 32.2. The Labute approximate surface area is 105 Å². The van der Waals surface area contributed by atoms with Crippen molar-refractivity contribution in [3.8, 4) is 0 Å². The van der Waals surface area contributed by atoms with E-state index in [9.17, 15) is 13.2 Å². The van der Waals surface area contributed by atoms with Gasteiger partial charge in [-0.15, -0.1) is 0 Å². The van der Waals surface area contributed by atoms with Gasteiger partial charge in [0.2, 0.25) is 0 Å². The molecule has 7 nitrogen and oxygen atoms in total. The summed E-state index contributed by atoms with van der Waals surface area (Å²) in [6, 6.07) is 1.22. The molecule has 0 saturated carbocycles. The summed E-state index contributed by atoms with van der Waals surface area (Å²) in [5, 5.41) is 8.90. The second-order valence-electron chi connectivity index (χ2n) is 4.07. The molecule has 0 spiro atoms. The highest BCUT2D eigenvalue weighted by molar-refractivity contribution is 7.90. The van der Waals surface area contributed by atoms with Gasteiger partial charge >= 0.3 is 5.97 Å². The molecule has 100 valence electrons. The average molecular weight is 273 g/mol. The SMILES string of the molecule is CC(C)CNS(=O)(=O)Nc1cnccc1C(=O)O. The van der Waals surface area contributed by atoms with Crippen molar-refractivity contribution < 1.29 is 18.3 Å². The lowest BCUT2D eigenvalue weighted by atomic mass is 10.2. The van der Waals surface area contributed by atoms with Crippen LogP contribution >= 0.6 is 0 Å². The first kappa shape index (κ1) is 14.4. The van der Waals surface area contributed by atoms with Crippen LogP contribution in [0.25, 0.3) is 0 Å². The van der Waals surface area contributed by atoms with Crippen LogP contribution in [0.4, 0.5) is 5.69 Å². The normalized spacial score (nSPS) is 11.5. The van der Waals surface area contributed by atoms with E-state index in [1.807, 2.05) is 13.8 Å². The molecule has 0 aromatic carbocycles. The van der Waals surface area contributed by atoms with Gasteiger partial charge in [0, 0.05) is 12.7 Å². The van der Waals surface area contributed by atoms with Crippen molar-refractivity contribution in [2.45, 2.75) is 13.8 Å². The van der Waals surface area contributed by atoms with Crippen LogP contribution in [-0.4, -0.2) is 31.0 Å². The molecule has 18 heavy (non-hydrogen) atoms. The minimum atomic E-state index is -3.79. The number of nitrogens with one attached hydrogen (secondary N) is 2. The molecule has 0 fully saturated rings. The second kappa shape index (κ2) is 5.78. The Morgan fingerprint density at radius 2 is 2.17 bits per heavy atom. The van der Waals surface area contributed by atoms with Gasteiger partial charge in [-0.2, -0.15) is 13.1 Å². The number of pyridine rings is 1. The lowest BCUT2D eigenvalue weighted by Gasteiger charge is -2.11. The minimum Gasteiger partial charge on any atom is -0.478 e. The molecule has 3 N–H and O–H groups in total. The number of aromatic nitrogens is 1. The lowest BCUT2D eigenvalue weighted by Crippen LogP contribution is -2.33. The smallest absolute Gasteiger partial charge is 0.337 e. The summed E-state index contributed by atoms with van der Waals surface area (Å²) in [4.78, 5) is 14.6. The molecule has 0 radical (unpaired) electrons. The maximum atomic E-state index is 11.6. The van der Waals surface area contributed by atoms with Gasteiger partial charge in [-0.25, -0.2) is 4.79 Å². The van der Waals surface area contributed by atoms with Gasteiger partial charge < -0.3 is 5.11 Å². The Balaban J connectivity index is 2.87. The van der Waals surface area contributed by atoms with Crippen molar-refractivity contribution in [2.24, 2.45) is 5.92 Å². The van der Waals surface area contributed by atoms with Gasteiger partial charge in [-0.05, 0) is 12.0 Å². The number of carboxylic acid groups (broad SMARTS) is 1. The highest BCUT2D eigenvalue weighted by Crippen LogP contribution is 2.14. The summed E-state index contributed by atoms with van der Waals surface area (Å²) >= 11 is 0. The molecule has 0 aliphatic rings. The van der Waals surface area contributed by atoms with Gasteiger partial charge in [0.25, 0.3) is 10.2 Å². The number of aromatic carboxylic acids is 1. The third-order valence-electron chi connectivity index (χ3n) is 1.98. The number of nitrogens with zero attached hydrogens (tertiary/aromatic N) is 1. The van der Waals surface area contributed by atoms with Crippen LogP contribution < -0.4 is 9.44 Å². The first-order chi connectivity index (χ1) is 8.32. The van der Waals surface area contributed by atoms with Crippen LogP contribution in [-0.2, 0) is 10.2 Å². The zero-order valence-electron chi connectivity index (χ0n) is 10.0. The van der Waals surface area contributed by atoms with E-state index in [-0.39, 0.29) is 23.7 Å². The van der Waals surface area contributed by atoms with Gasteiger partial charge in [-0.3, -0.25) is 9.71 Å². The molecule has 1 aromatic heterocycles. The van der Waals surface area contributed by atoms with Gasteiger partial charge in [0.15, 0.2) is 0 Å². The molecule has 1 aromatic rings. The van der Waals surface area contributed by atoms with Crippen LogP contribution in [0.1, 0.15) is 24.2 Å². The maximum Gasteiger partial charge on any atom is 0.337 e. The summed E-state index contributed by atoms with van der Waals surface area (Å²) < 4.78 is 27.7. The quantitative estimate of drug-likeness (QED) is 0.706.